The van der Waals surface area contributed by atoms with Gasteiger partial charge in [-0.25, -0.2) is 4.79 Å². The van der Waals surface area contributed by atoms with Gasteiger partial charge in [-0.3, -0.25) is 14.5 Å². The van der Waals surface area contributed by atoms with E-state index in [1.165, 1.54) is 12.0 Å². The second-order valence-electron chi connectivity index (χ2n) is 5.95. The van der Waals surface area contributed by atoms with E-state index in [0.29, 0.717) is 25.7 Å². The second-order valence-corrected chi connectivity index (χ2v) is 8.23. The SMILES string of the molecule is COC(=O)COc1ccc(/C=C2/SC(=O)N(Cc3ccc(Cl)cc3)C2=O)cc1Br. The summed E-state index contributed by atoms with van der Waals surface area (Å²) in [6, 6.07) is 12.1. The van der Waals surface area contributed by atoms with Crippen LogP contribution in [0.1, 0.15) is 11.1 Å². The minimum Gasteiger partial charge on any atom is -0.481 e. The van der Waals surface area contributed by atoms with Gasteiger partial charge in [0.2, 0.25) is 0 Å². The lowest BCUT2D eigenvalue weighted by molar-refractivity contribution is -0.142. The predicted octanol–water partition coefficient (Wildman–Crippen LogP) is 4.89. The van der Waals surface area contributed by atoms with Crippen LogP contribution in [-0.4, -0.2) is 35.7 Å². The molecule has 3 rings (SSSR count). The fourth-order valence-electron chi connectivity index (χ4n) is 2.48. The Morgan fingerprint density at radius 1 is 1.21 bits per heavy atom. The number of ether oxygens (including phenoxy) is 2. The molecule has 0 bridgehead atoms. The summed E-state index contributed by atoms with van der Waals surface area (Å²) in [5.41, 5.74) is 1.52. The average Bonchev–Trinajstić information content (AvgIpc) is 2.96. The largest absolute Gasteiger partial charge is 0.481 e. The van der Waals surface area contributed by atoms with Crippen LogP contribution >= 0.6 is 39.3 Å². The summed E-state index contributed by atoms with van der Waals surface area (Å²) in [6.45, 7) is -0.0266. The van der Waals surface area contributed by atoms with E-state index in [-0.39, 0.29) is 24.3 Å². The maximum Gasteiger partial charge on any atom is 0.343 e. The van der Waals surface area contributed by atoms with Gasteiger partial charge in [0.15, 0.2) is 6.61 Å². The predicted molar refractivity (Wildman–Crippen MR) is 115 cm³/mol. The molecule has 9 heteroatoms. The third-order valence-corrected chi connectivity index (χ3v) is 5.73. The van der Waals surface area contributed by atoms with Crippen molar-refractivity contribution in [3.8, 4) is 5.75 Å². The zero-order valence-corrected chi connectivity index (χ0v) is 18.3. The number of carbonyl (C=O) groups excluding carboxylic acids is 3. The van der Waals surface area contributed by atoms with E-state index >= 15 is 0 Å². The van der Waals surface area contributed by atoms with Crippen LogP contribution < -0.4 is 4.74 Å². The van der Waals surface area contributed by atoms with E-state index in [4.69, 9.17) is 16.3 Å². The van der Waals surface area contributed by atoms with Gasteiger partial charge in [-0.1, -0.05) is 29.8 Å². The van der Waals surface area contributed by atoms with Crippen LogP contribution in [0, 0.1) is 0 Å². The lowest BCUT2D eigenvalue weighted by Gasteiger charge is -2.12. The molecule has 6 nitrogen and oxygen atoms in total. The molecule has 0 aromatic heterocycles. The molecule has 2 amide bonds. The van der Waals surface area contributed by atoms with Gasteiger partial charge in [-0.05, 0) is 69.2 Å². The standard InChI is InChI=1S/C20H15BrClNO5S/c1-27-18(24)11-28-16-7-4-13(8-15(16)21)9-17-19(25)23(20(26)29-17)10-12-2-5-14(22)6-3-12/h2-9H,10-11H2,1H3/b17-9+. The van der Waals surface area contributed by atoms with Crippen molar-refractivity contribution >= 4 is 62.5 Å². The number of hydrogen-bond donors (Lipinski definition) is 0. The maximum absolute atomic E-state index is 12.7. The molecular weight excluding hydrogens is 482 g/mol. The highest BCUT2D eigenvalue weighted by Crippen LogP contribution is 2.34. The van der Waals surface area contributed by atoms with Crippen molar-refractivity contribution in [3.63, 3.8) is 0 Å². The lowest BCUT2D eigenvalue weighted by Crippen LogP contribution is -2.27. The number of nitrogens with zero attached hydrogens (tertiary/aromatic N) is 1. The van der Waals surface area contributed by atoms with Gasteiger partial charge in [0.05, 0.1) is 23.0 Å². The number of imide groups is 1. The molecule has 0 saturated carbocycles. The highest BCUT2D eigenvalue weighted by atomic mass is 79.9. The monoisotopic (exact) mass is 495 g/mol. The highest BCUT2D eigenvalue weighted by molar-refractivity contribution is 9.10. The van der Waals surface area contributed by atoms with E-state index < -0.39 is 5.97 Å². The van der Waals surface area contributed by atoms with Gasteiger partial charge < -0.3 is 9.47 Å². The minimum absolute atomic E-state index is 0.184. The minimum atomic E-state index is -0.490. The van der Waals surface area contributed by atoms with E-state index in [0.717, 1.165) is 17.3 Å². The quantitative estimate of drug-likeness (QED) is 0.419. The molecule has 150 valence electrons. The first-order valence-electron chi connectivity index (χ1n) is 8.36. The van der Waals surface area contributed by atoms with Crippen molar-refractivity contribution in [2.24, 2.45) is 0 Å². The number of methoxy groups -OCH3 is 1. The third-order valence-electron chi connectivity index (χ3n) is 3.95. The summed E-state index contributed by atoms with van der Waals surface area (Å²) in [6.07, 6.45) is 1.64. The Morgan fingerprint density at radius 3 is 2.59 bits per heavy atom. The summed E-state index contributed by atoms with van der Waals surface area (Å²) in [5.74, 6) is -0.379. The zero-order chi connectivity index (χ0) is 21.0. The summed E-state index contributed by atoms with van der Waals surface area (Å²) >= 11 is 10.1. The Balaban J connectivity index is 1.72. The van der Waals surface area contributed by atoms with E-state index in [2.05, 4.69) is 20.7 Å². The number of halogens is 2. The number of thioether (sulfide) groups is 1. The molecule has 1 saturated heterocycles. The van der Waals surface area contributed by atoms with Crippen LogP contribution in [0.3, 0.4) is 0 Å². The normalized spacial score (nSPS) is 15.1. The maximum atomic E-state index is 12.7. The average molecular weight is 497 g/mol. The molecule has 1 aliphatic rings. The van der Waals surface area contributed by atoms with Gasteiger partial charge in [-0.2, -0.15) is 0 Å². The van der Waals surface area contributed by atoms with E-state index in [1.54, 1.807) is 48.5 Å². The van der Waals surface area contributed by atoms with Gasteiger partial charge in [0, 0.05) is 5.02 Å². The van der Waals surface area contributed by atoms with Crippen LogP contribution in [0.5, 0.6) is 5.75 Å². The second kappa shape index (κ2) is 9.47. The molecule has 1 aliphatic heterocycles. The highest BCUT2D eigenvalue weighted by Gasteiger charge is 2.35. The Hall–Kier alpha value is -2.29. The van der Waals surface area contributed by atoms with Crippen LogP contribution in [0.25, 0.3) is 6.08 Å². The molecule has 29 heavy (non-hydrogen) atoms. The summed E-state index contributed by atoms with van der Waals surface area (Å²) < 4.78 is 10.5. The first-order chi connectivity index (χ1) is 13.9. The topological polar surface area (TPSA) is 72.9 Å². The molecule has 0 atom stereocenters. The summed E-state index contributed by atoms with van der Waals surface area (Å²) in [5, 5.41) is 0.265. The molecule has 0 aliphatic carbocycles. The molecular formula is C20H15BrClNO5S. The molecule has 2 aromatic rings. The number of carbonyl (C=O) groups is 3. The molecule has 0 spiro atoms. The van der Waals surface area contributed by atoms with Crippen LogP contribution in [0.2, 0.25) is 5.02 Å². The van der Waals surface area contributed by atoms with Crippen LogP contribution in [0.4, 0.5) is 4.79 Å². The molecule has 0 N–H and O–H groups in total. The fourth-order valence-corrected chi connectivity index (χ4v) is 3.95. The number of amides is 2. The number of benzene rings is 2. The van der Waals surface area contributed by atoms with Gasteiger partial charge in [0.25, 0.3) is 11.1 Å². The van der Waals surface area contributed by atoms with E-state index in [1.807, 2.05) is 0 Å². The third kappa shape index (κ3) is 5.41. The Kier molecular flexibility index (Phi) is 7.00. The smallest absolute Gasteiger partial charge is 0.343 e. The molecule has 0 radical (unpaired) electrons. The molecule has 1 heterocycles. The Bertz CT molecular complexity index is 993. The number of esters is 1. The first-order valence-corrected chi connectivity index (χ1v) is 10.3. The Morgan fingerprint density at radius 2 is 1.93 bits per heavy atom. The summed E-state index contributed by atoms with van der Waals surface area (Å²) in [4.78, 5) is 37.7. The van der Waals surface area contributed by atoms with Crippen molar-refractivity contribution in [1.29, 1.82) is 0 Å². The van der Waals surface area contributed by atoms with Crippen molar-refractivity contribution in [3.05, 3.63) is 68.0 Å². The molecule has 0 unspecified atom stereocenters. The van der Waals surface area contributed by atoms with Gasteiger partial charge in [-0.15, -0.1) is 0 Å². The molecule has 1 fully saturated rings. The van der Waals surface area contributed by atoms with Crippen LogP contribution in [0.15, 0.2) is 51.8 Å². The van der Waals surface area contributed by atoms with Gasteiger partial charge >= 0.3 is 5.97 Å². The lowest BCUT2D eigenvalue weighted by atomic mass is 10.2. The van der Waals surface area contributed by atoms with Gasteiger partial charge in [0.1, 0.15) is 5.75 Å². The first kappa shape index (κ1) is 21.4. The van der Waals surface area contributed by atoms with Crippen molar-refractivity contribution < 1.29 is 23.9 Å². The number of hydrogen-bond acceptors (Lipinski definition) is 6. The zero-order valence-electron chi connectivity index (χ0n) is 15.2. The van der Waals surface area contributed by atoms with Crippen molar-refractivity contribution in [2.75, 3.05) is 13.7 Å². The van der Waals surface area contributed by atoms with Crippen molar-refractivity contribution in [2.45, 2.75) is 6.54 Å². The van der Waals surface area contributed by atoms with Crippen molar-refractivity contribution in [1.82, 2.24) is 4.90 Å². The summed E-state index contributed by atoms with van der Waals surface area (Å²) in [7, 11) is 1.28. The Labute approximate surface area is 184 Å². The molecule has 2 aromatic carbocycles. The van der Waals surface area contributed by atoms with Crippen LogP contribution in [-0.2, 0) is 20.9 Å². The van der Waals surface area contributed by atoms with E-state index in [9.17, 15) is 14.4 Å². The number of rotatable bonds is 6. The fraction of sp³-hybridized carbons (Fsp3) is 0.150.